The van der Waals surface area contributed by atoms with Crippen molar-refractivity contribution in [1.82, 2.24) is 14.9 Å². The molecule has 0 aliphatic carbocycles. The zero-order chi connectivity index (χ0) is 22.0. The molecule has 0 aliphatic rings. The largest absolute Gasteiger partial charge is 0.355 e. The first-order valence-electron chi connectivity index (χ1n) is 9.87. The molecule has 2 heterocycles. The fraction of sp³-hybridized carbons (Fsp3) is 0.125. The third-order valence-corrected chi connectivity index (χ3v) is 5.17. The maximum atomic E-state index is 13.0. The van der Waals surface area contributed by atoms with Gasteiger partial charge in [-0.15, -0.1) is 0 Å². The number of benzene rings is 2. The van der Waals surface area contributed by atoms with Gasteiger partial charge in [0.1, 0.15) is 0 Å². The van der Waals surface area contributed by atoms with Gasteiger partial charge in [0.2, 0.25) is 0 Å². The van der Waals surface area contributed by atoms with E-state index >= 15 is 0 Å². The number of pyridine rings is 1. The minimum atomic E-state index is -0.283. The van der Waals surface area contributed by atoms with Gasteiger partial charge in [0.25, 0.3) is 11.8 Å². The van der Waals surface area contributed by atoms with Crippen molar-refractivity contribution in [3.8, 4) is 0 Å². The van der Waals surface area contributed by atoms with Gasteiger partial charge in [-0.3, -0.25) is 9.59 Å². The second kappa shape index (κ2) is 8.31. The van der Waals surface area contributed by atoms with E-state index in [9.17, 15) is 9.59 Å². The van der Waals surface area contributed by atoms with E-state index in [1.54, 1.807) is 19.2 Å². The van der Waals surface area contributed by atoms with E-state index in [2.05, 4.69) is 20.9 Å². The Labute approximate surface area is 180 Å². The number of amides is 2. The summed E-state index contributed by atoms with van der Waals surface area (Å²) in [6, 6.07) is 16.9. The van der Waals surface area contributed by atoms with E-state index < -0.39 is 0 Å². The molecule has 0 saturated carbocycles. The van der Waals surface area contributed by atoms with E-state index in [0.717, 1.165) is 22.2 Å². The van der Waals surface area contributed by atoms with Crippen LogP contribution in [0.5, 0.6) is 0 Å². The van der Waals surface area contributed by atoms with Crippen LogP contribution in [0.4, 0.5) is 17.2 Å². The Kier molecular flexibility index (Phi) is 5.41. The first-order valence-corrected chi connectivity index (χ1v) is 9.87. The number of anilines is 3. The monoisotopic (exact) mass is 413 g/mol. The molecule has 0 radical (unpaired) electrons. The number of hydrogen-bond acceptors (Lipinski definition) is 4. The van der Waals surface area contributed by atoms with E-state index in [-0.39, 0.29) is 11.8 Å². The number of aromatic nitrogens is 2. The Hall–Kier alpha value is -4.13. The summed E-state index contributed by atoms with van der Waals surface area (Å²) in [6.45, 7) is 1.98. The lowest BCUT2D eigenvalue weighted by atomic mass is 10.1. The van der Waals surface area contributed by atoms with Crippen molar-refractivity contribution in [2.45, 2.75) is 6.92 Å². The Bertz CT molecular complexity index is 1290. The lowest BCUT2D eigenvalue weighted by Gasteiger charge is -2.15. The van der Waals surface area contributed by atoms with Crippen molar-refractivity contribution in [3.63, 3.8) is 0 Å². The van der Waals surface area contributed by atoms with Gasteiger partial charge in [-0.2, -0.15) is 0 Å². The minimum Gasteiger partial charge on any atom is -0.355 e. The highest BCUT2D eigenvalue weighted by molar-refractivity contribution is 6.08. The molecule has 0 atom stereocenters. The van der Waals surface area contributed by atoms with Crippen LogP contribution < -0.4 is 16.0 Å². The molecular formula is C24H23N5O2. The van der Waals surface area contributed by atoms with E-state index in [0.29, 0.717) is 22.6 Å². The summed E-state index contributed by atoms with van der Waals surface area (Å²) >= 11 is 0. The fourth-order valence-electron chi connectivity index (χ4n) is 3.39. The van der Waals surface area contributed by atoms with Gasteiger partial charge in [0.15, 0.2) is 5.82 Å². The lowest BCUT2D eigenvalue weighted by molar-refractivity contribution is 0.0961. The molecule has 0 saturated heterocycles. The zero-order valence-corrected chi connectivity index (χ0v) is 17.6. The number of aryl methyl sites for hydroxylation is 2. The topological polar surface area (TPSA) is 88.1 Å². The van der Waals surface area contributed by atoms with Crippen LogP contribution in [0.2, 0.25) is 0 Å². The number of carbonyl (C=O) groups excluding carboxylic acids is 2. The molecule has 7 nitrogen and oxygen atoms in total. The minimum absolute atomic E-state index is 0.281. The predicted octanol–water partition coefficient (Wildman–Crippen LogP) is 4.24. The molecule has 2 aromatic heterocycles. The highest BCUT2D eigenvalue weighted by Crippen LogP contribution is 2.27. The average molecular weight is 413 g/mol. The fourth-order valence-corrected chi connectivity index (χ4v) is 3.39. The summed E-state index contributed by atoms with van der Waals surface area (Å²) in [5.74, 6) is -0.110. The number of hydrogen-bond donors (Lipinski definition) is 3. The third-order valence-electron chi connectivity index (χ3n) is 5.17. The van der Waals surface area contributed by atoms with Crippen LogP contribution in [0, 0.1) is 6.92 Å². The van der Waals surface area contributed by atoms with Gasteiger partial charge in [0, 0.05) is 48.6 Å². The summed E-state index contributed by atoms with van der Waals surface area (Å²) in [5.41, 5.74) is 4.23. The zero-order valence-electron chi connectivity index (χ0n) is 17.6. The molecule has 2 aromatic carbocycles. The number of para-hydroxylation sites is 1. The third kappa shape index (κ3) is 4.11. The quantitative estimate of drug-likeness (QED) is 0.457. The van der Waals surface area contributed by atoms with Gasteiger partial charge < -0.3 is 20.5 Å². The van der Waals surface area contributed by atoms with E-state index in [1.807, 2.05) is 67.2 Å². The van der Waals surface area contributed by atoms with Gasteiger partial charge in [-0.1, -0.05) is 18.2 Å². The number of rotatable bonds is 5. The Morgan fingerprint density at radius 3 is 2.52 bits per heavy atom. The molecular weight excluding hydrogens is 390 g/mol. The smallest absolute Gasteiger partial charge is 0.255 e. The van der Waals surface area contributed by atoms with E-state index in [1.165, 1.54) is 6.20 Å². The molecule has 3 N–H and O–H groups in total. The molecule has 0 spiro atoms. The maximum Gasteiger partial charge on any atom is 0.255 e. The molecule has 0 aliphatic heterocycles. The Balaban J connectivity index is 1.68. The number of nitrogens with one attached hydrogen (secondary N) is 3. The summed E-state index contributed by atoms with van der Waals surface area (Å²) in [7, 11) is 3.51. The number of carbonyl (C=O) groups is 2. The molecule has 7 heteroatoms. The van der Waals surface area contributed by atoms with Crippen molar-refractivity contribution < 1.29 is 9.59 Å². The summed E-state index contributed by atoms with van der Waals surface area (Å²) in [4.78, 5) is 29.5. The molecule has 31 heavy (non-hydrogen) atoms. The van der Waals surface area contributed by atoms with Crippen LogP contribution in [0.1, 0.15) is 26.3 Å². The molecule has 2 amide bonds. The predicted molar refractivity (Wildman–Crippen MR) is 123 cm³/mol. The summed E-state index contributed by atoms with van der Waals surface area (Å²) < 4.78 is 2.00. The maximum absolute atomic E-state index is 13.0. The molecule has 4 aromatic rings. The molecule has 156 valence electrons. The van der Waals surface area contributed by atoms with Gasteiger partial charge >= 0.3 is 0 Å². The normalized spacial score (nSPS) is 10.7. The lowest BCUT2D eigenvalue weighted by Crippen LogP contribution is -2.19. The first-order chi connectivity index (χ1) is 15.0. The van der Waals surface area contributed by atoms with Gasteiger partial charge in [-0.05, 0) is 48.9 Å². The van der Waals surface area contributed by atoms with Gasteiger partial charge in [-0.25, -0.2) is 4.98 Å². The molecule has 4 rings (SSSR count). The average Bonchev–Trinajstić information content (AvgIpc) is 3.16. The second-order valence-electron chi connectivity index (χ2n) is 7.29. The van der Waals surface area contributed by atoms with Crippen molar-refractivity contribution >= 4 is 39.9 Å². The molecule has 0 bridgehead atoms. The van der Waals surface area contributed by atoms with Crippen LogP contribution in [-0.2, 0) is 7.05 Å². The molecule has 0 unspecified atom stereocenters. The van der Waals surface area contributed by atoms with Crippen LogP contribution in [0.15, 0.2) is 67.0 Å². The van der Waals surface area contributed by atoms with Gasteiger partial charge in [0.05, 0.1) is 11.3 Å². The summed E-state index contributed by atoms with van der Waals surface area (Å²) in [5, 5.41) is 9.72. The first kappa shape index (κ1) is 20.2. The number of fused-ring (bicyclic) bond motifs is 1. The Morgan fingerprint density at radius 1 is 0.935 bits per heavy atom. The SMILES string of the molecule is CNC(=O)c1cnc(Nc2ccccc2C)c(NC(=O)c2ccc3c(ccn3C)c2)c1. The van der Waals surface area contributed by atoms with Crippen molar-refractivity contribution in [2.75, 3.05) is 17.7 Å². The van der Waals surface area contributed by atoms with Crippen molar-refractivity contribution in [3.05, 3.63) is 83.7 Å². The second-order valence-corrected chi connectivity index (χ2v) is 7.29. The van der Waals surface area contributed by atoms with Crippen molar-refractivity contribution in [2.24, 2.45) is 7.05 Å². The van der Waals surface area contributed by atoms with Crippen LogP contribution in [0.25, 0.3) is 10.9 Å². The van der Waals surface area contributed by atoms with Crippen LogP contribution in [0.3, 0.4) is 0 Å². The van der Waals surface area contributed by atoms with Crippen molar-refractivity contribution in [1.29, 1.82) is 0 Å². The highest BCUT2D eigenvalue weighted by Gasteiger charge is 2.15. The van der Waals surface area contributed by atoms with E-state index in [4.69, 9.17) is 0 Å². The van der Waals surface area contributed by atoms with Crippen LogP contribution >= 0.6 is 0 Å². The molecule has 0 fully saturated rings. The standard InChI is InChI=1S/C24H23N5O2/c1-15-6-4-5-7-19(15)27-22-20(13-18(14-26-22)23(30)25-2)28-24(31)17-8-9-21-16(12-17)10-11-29(21)3/h4-14H,1-3H3,(H,25,30)(H,26,27)(H,28,31). The van der Waals surface area contributed by atoms with Crippen LogP contribution in [-0.4, -0.2) is 28.4 Å². The highest BCUT2D eigenvalue weighted by atomic mass is 16.2. The summed E-state index contributed by atoms with van der Waals surface area (Å²) in [6.07, 6.45) is 3.43. The number of nitrogens with zero attached hydrogens (tertiary/aromatic N) is 2. The Morgan fingerprint density at radius 2 is 1.74 bits per heavy atom.